The summed E-state index contributed by atoms with van der Waals surface area (Å²) < 4.78 is 11.7. The van der Waals surface area contributed by atoms with Crippen molar-refractivity contribution in [2.45, 2.75) is 114 Å². The number of esters is 2. The van der Waals surface area contributed by atoms with E-state index in [4.69, 9.17) is 21.1 Å². The molecule has 0 aromatic heterocycles. The van der Waals surface area contributed by atoms with Crippen molar-refractivity contribution < 1.29 is 53.6 Å². The predicted molar refractivity (Wildman–Crippen MR) is 175 cm³/mol. The fraction of sp³-hybridized carbons (Fsp3) is 0.765. The van der Waals surface area contributed by atoms with Crippen molar-refractivity contribution in [3.8, 4) is 0 Å². The van der Waals surface area contributed by atoms with Crippen LogP contribution in [0.2, 0.25) is 0 Å². The minimum absolute atomic E-state index is 0.00405. The van der Waals surface area contributed by atoms with Gasteiger partial charge in [0, 0.05) is 29.6 Å². The Bertz CT molecular complexity index is 1420. The van der Waals surface area contributed by atoms with E-state index in [0.29, 0.717) is 57.8 Å². The second kappa shape index (κ2) is 15.7. The molecule has 4 aliphatic carbocycles. The van der Waals surface area contributed by atoms with Crippen LogP contribution < -0.4 is 0 Å². The van der Waals surface area contributed by atoms with Crippen molar-refractivity contribution in [3.63, 3.8) is 0 Å². The molecule has 15 nitrogen and oxygen atoms in total. The van der Waals surface area contributed by atoms with Gasteiger partial charge in [0.05, 0.1) is 24.2 Å². The minimum atomic E-state index is -1.77. The highest BCUT2D eigenvalue weighted by atomic mass is 35.5. The summed E-state index contributed by atoms with van der Waals surface area (Å²) in [6.45, 7) is 4.70. The van der Waals surface area contributed by atoms with Gasteiger partial charge in [0.2, 0.25) is 5.78 Å². The van der Waals surface area contributed by atoms with Crippen LogP contribution in [0, 0.1) is 48.8 Å². The second-order valence-corrected chi connectivity index (χ2v) is 15.1. The molecule has 50 heavy (non-hydrogen) atoms. The maximum Gasteiger partial charge on any atom is 0.306 e. The van der Waals surface area contributed by atoms with Gasteiger partial charge >= 0.3 is 11.9 Å². The summed E-state index contributed by atoms with van der Waals surface area (Å²) in [5.74, 6) is -3.19. The third-order valence-electron chi connectivity index (χ3n) is 11.7. The molecule has 1 N–H and O–H groups in total. The van der Waals surface area contributed by atoms with Gasteiger partial charge < -0.3 is 24.3 Å². The highest BCUT2D eigenvalue weighted by Gasteiger charge is 2.76. The van der Waals surface area contributed by atoms with Gasteiger partial charge in [0.1, 0.15) is 0 Å². The molecule has 0 bridgehead atoms. The van der Waals surface area contributed by atoms with Crippen LogP contribution in [0.3, 0.4) is 0 Å². The molecule has 0 saturated heterocycles. The third-order valence-corrected chi connectivity index (χ3v) is 12.6. The number of nitrogens with zero attached hydrogens (tertiary/aromatic N) is 2. The quantitative estimate of drug-likeness (QED) is 0.0662. The van der Waals surface area contributed by atoms with Crippen LogP contribution in [-0.4, -0.2) is 75.2 Å². The number of carbonyl (C=O) groups excluding carboxylic acids is 4. The van der Waals surface area contributed by atoms with Crippen molar-refractivity contribution in [2.24, 2.45) is 28.6 Å². The Kier molecular flexibility index (Phi) is 12.3. The number of halogens is 1. The van der Waals surface area contributed by atoms with E-state index in [1.807, 2.05) is 20.8 Å². The monoisotopic (exact) mass is 726 g/mol. The standard InChI is InChI=1S/C34H47ClN2O13/c1-22-18-26-25-13-12-23-19-24(38)14-15-31(23,2)33(25,35)27(39)20-32(26,3)34(22,50-30(42)11-7-5-9-17-49-37(45)46)28(40)21-47-29(41)10-6-4-8-16-48-36(43)44/h14-15,19,22,25-27,39H,4-13,16-18,20-21H2,1-3H3/t22-,25?,26?,27-,31-,32-,33-,34-/m0/s1. The van der Waals surface area contributed by atoms with E-state index < -0.39 is 67.8 Å². The third kappa shape index (κ3) is 7.39. The number of carbonyl (C=O) groups is 4. The first kappa shape index (κ1) is 39.2. The van der Waals surface area contributed by atoms with Gasteiger partial charge in [-0.2, -0.15) is 0 Å². The summed E-state index contributed by atoms with van der Waals surface area (Å²) in [5.41, 5.74) is -2.85. The maximum atomic E-state index is 14.4. The van der Waals surface area contributed by atoms with Gasteiger partial charge in [0.25, 0.3) is 10.2 Å². The molecule has 16 heteroatoms. The SMILES string of the molecule is C[C@H]1CC2C3CCC4=CC(=O)C=C[C@]4(C)[C@@]3(Cl)[C@@H](O)C[C@]2(C)[C@@]1(OC(=O)CCCCCO[N+](=O)[O-])C(=O)COC(=O)CCCCCO[N+](=O)[O-]. The van der Waals surface area contributed by atoms with Crippen LogP contribution in [0.15, 0.2) is 23.8 Å². The molecular formula is C34H47ClN2O13. The lowest BCUT2D eigenvalue weighted by Crippen LogP contribution is -2.69. The van der Waals surface area contributed by atoms with Crippen molar-refractivity contribution in [1.82, 2.24) is 0 Å². The number of alkyl halides is 1. The number of hydrogen-bond acceptors (Lipinski definition) is 13. The lowest BCUT2D eigenvalue weighted by Gasteiger charge is -2.64. The van der Waals surface area contributed by atoms with Crippen molar-refractivity contribution >= 4 is 35.1 Å². The number of hydrogen-bond donors (Lipinski definition) is 1. The number of ether oxygens (including phenoxy) is 2. The van der Waals surface area contributed by atoms with E-state index in [9.17, 15) is 44.5 Å². The molecule has 0 aromatic carbocycles. The molecule has 3 fully saturated rings. The minimum Gasteiger partial charge on any atom is -0.457 e. The Labute approximate surface area is 295 Å². The van der Waals surface area contributed by atoms with Gasteiger partial charge in [0.15, 0.2) is 18.0 Å². The molecule has 0 aliphatic heterocycles. The zero-order valence-electron chi connectivity index (χ0n) is 28.8. The van der Waals surface area contributed by atoms with Gasteiger partial charge in [-0.25, -0.2) is 0 Å². The number of aliphatic hydroxyl groups excluding tert-OH is 1. The summed E-state index contributed by atoms with van der Waals surface area (Å²) in [7, 11) is 0. The molecule has 0 amide bonds. The van der Waals surface area contributed by atoms with Crippen LogP contribution in [0.1, 0.15) is 97.8 Å². The smallest absolute Gasteiger partial charge is 0.306 e. The van der Waals surface area contributed by atoms with E-state index in [0.717, 1.165) is 5.57 Å². The largest absolute Gasteiger partial charge is 0.457 e. The van der Waals surface area contributed by atoms with Crippen LogP contribution in [0.4, 0.5) is 0 Å². The van der Waals surface area contributed by atoms with Crippen LogP contribution in [-0.2, 0) is 38.3 Å². The molecule has 2 unspecified atom stereocenters. The highest BCUT2D eigenvalue weighted by molar-refractivity contribution is 6.26. The van der Waals surface area contributed by atoms with Gasteiger partial charge in [-0.05, 0) is 75.4 Å². The van der Waals surface area contributed by atoms with Gasteiger partial charge in [-0.1, -0.05) is 45.3 Å². The molecule has 4 rings (SSSR count). The summed E-state index contributed by atoms with van der Waals surface area (Å²) in [4.78, 5) is 81.0. The molecule has 0 radical (unpaired) electrons. The fourth-order valence-electron chi connectivity index (χ4n) is 9.33. The number of ketones is 2. The molecule has 4 aliphatic rings. The summed E-state index contributed by atoms with van der Waals surface area (Å²) in [5, 5.41) is 31.0. The molecule has 0 aromatic rings. The first-order valence-electron chi connectivity index (χ1n) is 17.3. The fourth-order valence-corrected chi connectivity index (χ4v) is 9.85. The average molecular weight is 727 g/mol. The van der Waals surface area contributed by atoms with E-state index >= 15 is 0 Å². The van der Waals surface area contributed by atoms with Crippen molar-refractivity contribution in [3.05, 3.63) is 44.0 Å². The van der Waals surface area contributed by atoms with E-state index in [1.165, 1.54) is 6.08 Å². The highest BCUT2D eigenvalue weighted by Crippen LogP contribution is 2.72. The van der Waals surface area contributed by atoms with Gasteiger partial charge in [-0.15, -0.1) is 31.8 Å². The Hall–Kier alpha value is -3.59. The maximum absolute atomic E-state index is 14.4. The lowest BCUT2D eigenvalue weighted by atomic mass is 9.45. The number of Topliss-reactive ketones (excluding diaryl/α,β-unsaturated/α-hetero) is 1. The average Bonchev–Trinajstić information content (AvgIpc) is 3.26. The summed E-state index contributed by atoms with van der Waals surface area (Å²) >= 11 is 7.56. The molecule has 8 atom stereocenters. The topological polar surface area (TPSA) is 212 Å². The zero-order chi connectivity index (χ0) is 36.9. The first-order valence-corrected chi connectivity index (χ1v) is 17.7. The summed E-state index contributed by atoms with van der Waals surface area (Å²) in [6, 6.07) is 0. The predicted octanol–water partition coefficient (Wildman–Crippen LogP) is 4.80. The Morgan fingerprint density at radius 2 is 1.56 bits per heavy atom. The van der Waals surface area contributed by atoms with Crippen LogP contribution in [0.25, 0.3) is 0 Å². The molecule has 0 heterocycles. The Morgan fingerprint density at radius 3 is 2.16 bits per heavy atom. The van der Waals surface area contributed by atoms with Crippen LogP contribution >= 0.6 is 11.6 Å². The van der Waals surface area contributed by atoms with Crippen molar-refractivity contribution in [2.75, 3.05) is 19.8 Å². The summed E-state index contributed by atoms with van der Waals surface area (Å²) in [6.07, 6.45) is 7.42. The normalized spacial score (nSPS) is 34.0. The Balaban J connectivity index is 1.55. The van der Waals surface area contributed by atoms with E-state index in [1.54, 1.807) is 12.2 Å². The number of aliphatic hydroxyl groups is 1. The lowest BCUT2D eigenvalue weighted by molar-refractivity contribution is -0.757. The number of allylic oxidation sites excluding steroid dienone is 4. The zero-order valence-corrected chi connectivity index (χ0v) is 29.5. The number of unbranched alkanes of at least 4 members (excludes halogenated alkanes) is 4. The number of fused-ring (bicyclic) bond motifs is 5. The molecular weight excluding hydrogens is 680 g/mol. The van der Waals surface area contributed by atoms with Crippen LogP contribution in [0.5, 0.6) is 0 Å². The van der Waals surface area contributed by atoms with Gasteiger partial charge in [-0.3, -0.25) is 19.2 Å². The molecule has 3 saturated carbocycles. The molecule has 278 valence electrons. The second-order valence-electron chi connectivity index (χ2n) is 14.4. The van der Waals surface area contributed by atoms with Crippen molar-refractivity contribution in [1.29, 1.82) is 0 Å². The Morgan fingerprint density at radius 1 is 0.960 bits per heavy atom. The number of rotatable bonds is 18. The van der Waals surface area contributed by atoms with E-state index in [2.05, 4.69) is 9.68 Å². The first-order chi connectivity index (χ1) is 23.5. The molecule has 0 spiro atoms. The van der Waals surface area contributed by atoms with E-state index in [-0.39, 0.29) is 50.1 Å².